The lowest BCUT2D eigenvalue weighted by molar-refractivity contribution is -0.120. The molecule has 0 atom stereocenters. The van der Waals surface area contributed by atoms with E-state index < -0.39 is 0 Å². The Bertz CT molecular complexity index is 549. The molecule has 0 spiro atoms. The minimum atomic E-state index is 0.0161. The number of hydrogen-bond donors (Lipinski definition) is 2. The van der Waals surface area contributed by atoms with Crippen LogP contribution in [0.2, 0.25) is 0 Å². The third-order valence-corrected chi connectivity index (χ3v) is 4.58. The van der Waals surface area contributed by atoms with Gasteiger partial charge in [0.2, 0.25) is 5.91 Å². The molecule has 0 saturated heterocycles. The van der Waals surface area contributed by atoms with Gasteiger partial charge in [0.05, 0.1) is 6.54 Å². The van der Waals surface area contributed by atoms with Crippen molar-refractivity contribution in [2.24, 2.45) is 0 Å². The first-order chi connectivity index (χ1) is 11.6. The maximum Gasteiger partial charge on any atom is 0.253 e. The van der Waals surface area contributed by atoms with Crippen LogP contribution in [0, 0.1) is 0 Å². The van der Waals surface area contributed by atoms with Crippen LogP contribution in [0.1, 0.15) is 56.3 Å². The van der Waals surface area contributed by atoms with Crippen LogP contribution < -0.4 is 10.6 Å². The van der Waals surface area contributed by atoms with Crippen molar-refractivity contribution in [1.29, 1.82) is 0 Å². The van der Waals surface area contributed by atoms with E-state index in [0.29, 0.717) is 24.7 Å². The van der Waals surface area contributed by atoms with Crippen LogP contribution >= 0.6 is 0 Å². The van der Waals surface area contributed by atoms with Crippen LogP contribution in [0.4, 0.5) is 5.69 Å². The molecule has 0 heterocycles. The molecule has 1 aromatic carbocycles. The van der Waals surface area contributed by atoms with Crippen LogP contribution in [-0.2, 0) is 4.79 Å². The Morgan fingerprint density at radius 1 is 1.12 bits per heavy atom. The average molecular weight is 331 g/mol. The van der Waals surface area contributed by atoms with Crippen LogP contribution in [-0.4, -0.2) is 42.4 Å². The summed E-state index contributed by atoms with van der Waals surface area (Å²) in [6.45, 7) is 5.56. The van der Waals surface area contributed by atoms with Crippen molar-refractivity contribution in [3.05, 3.63) is 29.8 Å². The summed E-state index contributed by atoms with van der Waals surface area (Å²) in [4.78, 5) is 26.2. The Morgan fingerprint density at radius 2 is 1.83 bits per heavy atom. The summed E-state index contributed by atoms with van der Waals surface area (Å²) in [5, 5.41) is 6.21. The smallest absolute Gasteiger partial charge is 0.253 e. The van der Waals surface area contributed by atoms with Crippen LogP contribution in [0.5, 0.6) is 0 Å². The average Bonchev–Trinajstić information content (AvgIpc) is 2.62. The van der Waals surface area contributed by atoms with Gasteiger partial charge in [-0.1, -0.05) is 25.3 Å². The van der Waals surface area contributed by atoms with Gasteiger partial charge in [-0.05, 0) is 44.9 Å². The van der Waals surface area contributed by atoms with Gasteiger partial charge < -0.3 is 15.5 Å². The zero-order valence-electron chi connectivity index (χ0n) is 14.8. The fourth-order valence-electron chi connectivity index (χ4n) is 3.16. The second-order valence-electron chi connectivity index (χ2n) is 6.31. The Balaban J connectivity index is 1.87. The summed E-state index contributed by atoms with van der Waals surface area (Å²) in [5.41, 5.74) is 1.45. The number of carbonyl (C=O) groups excluding carboxylic acids is 2. The highest BCUT2D eigenvalue weighted by molar-refractivity contribution is 5.95. The van der Waals surface area contributed by atoms with E-state index in [9.17, 15) is 9.59 Å². The maximum atomic E-state index is 12.4. The number of anilines is 1. The highest BCUT2D eigenvalue weighted by atomic mass is 16.2. The van der Waals surface area contributed by atoms with Crippen molar-refractivity contribution < 1.29 is 9.59 Å². The SMILES string of the molecule is CCN(CC)C(=O)c1cccc(NCC(=O)NC2CCCCC2)c1. The van der Waals surface area contributed by atoms with E-state index >= 15 is 0 Å². The Labute approximate surface area is 144 Å². The van der Waals surface area contributed by atoms with Crippen molar-refractivity contribution in [3.63, 3.8) is 0 Å². The molecule has 0 aliphatic heterocycles. The molecular weight excluding hydrogens is 302 g/mol. The van der Waals surface area contributed by atoms with Crippen molar-refractivity contribution in [1.82, 2.24) is 10.2 Å². The van der Waals surface area contributed by atoms with Crippen molar-refractivity contribution in [2.45, 2.75) is 52.0 Å². The molecule has 0 bridgehead atoms. The number of benzene rings is 1. The lowest BCUT2D eigenvalue weighted by Crippen LogP contribution is -2.39. The number of nitrogens with zero attached hydrogens (tertiary/aromatic N) is 1. The third-order valence-electron chi connectivity index (χ3n) is 4.58. The fraction of sp³-hybridized carbons (Fsp3) is 0.579. The highest BCUT2D eigenvalue weighted by Crippen LogP contribution is 2.17. The molecule has 5 nitrogen and oxygen atoms in total. The molecule has 1 aliphatic carbocycles. The molecule has 0 radical (unpaired) electrons. The minimum Gasteiger partial charge on any atom is -0.376 e. The molecule has 2 amide bonds. The molecule has 0 aromatic heterocycles. The summed E-state index contributed by atoms with van der Waals surface area (Å²) in [5.74, 6) is 0.0395. The predicted molar refractivity (Wildman–Crippen MR) is 97.2 cm³/mol. The normalized spacial score (nSPS) is 14.9. The van der Waals surface area contributed by atoms with Gasteiger partial charge in [-0.2, -0.15) is 0 Å². The van der Waals surface area contributed by atoms with Gasteiger partial charge in [0.1, 0.15) is 0 Å². The second kappa shape index (κ2) is 9.30. The van der Waals surface area contributed by atoms with Gasteiger partial charge in [-0.25, -0.2) is 0 Å². The lowest BCUT2D eigenvalue weighted by Gasteiger charge is -2.23. The topological polar surface area (TPSA) is 61.4 Å². The second-order valence-corrected chi connectivity index (χ2v) is 6.31. The van der Waals surface area contributed by atoms with E-state index in [2.05, 4.69) is 10.6 Å². The first-order valence-corrected chi connectivity index (χ1v) is 9.06. The van der Waals surface area contributed by atoms with Gasteiger partial charge in [-0.15, -0.1) is 0 Å². The Kier molecular flexibility index (Phi) is 7.09. The van der Waals surface area contributed by atoms with E-state index in [4.69, 9.17) is 0 Å². The Hall–Kier alpha value is -2.04. The fourth-order valence-corrected chi connectivity index (χ4v) is 3.16. The molecule has 132 valence electrons. The van der Waals surface area contributed by atoms with Gasteiger partial charge in [0, 0.05) is 30.4 Å². The van der Waals surface area contributed by atoms with Crippen LogP contribution in [0.25, 0.3) is 0 Å². The quantitative estimate of drug-likeness (QED) is 0.807. The molecule has 1 aromatic rings. The maximum absolute atomic E-state index is 12.4. The Morgan fingerprint density at radius 3 is 2.50 bits per heavy atom. The van der Waals surface area contributed by atoms with Crippen LogP contribution in [0.15, 0.2) is 24.3 Å². The molecule has 5 heteroatoms. The third kappa shape index (κ3) is 5.25. The number of hydrogen-bond acceptors (Lipinski definition) is 3. The minimum absolute atomic E-state index is 0.0161. The van der Waals surface area contributed by atoms with Gasteiger partial charge in [0.25, 0.3) is 5.91 Å². The molecule has 24 heavy (non-hydrogen) atoms. The molecule has 1 aliphatic rings. The standard InChI is InChI=1S/C19H29N3O2/c1-3-22(4-2)19(24)15-9-8-12-17(13-15)20-14-18(23)21-16-10-6-5-7-11-16/h8-9,12-13,16,20H,3-7,10-11,14H2,1-2H3,(H,21,23). The molecule has 1 fully saturated rings. The van der Waals surface area contributed by atoms with Crippen LogP contribution in [0.3, 0.4) is 0 Å². The summed E-state index contributed by atoms with van der Waals surface area (Å²) in [7, 11) is 0. The summed E-state index contributed by atoms with van der Waals surface area (Å²) in [6, 6.07) is 7.68. The van der Waals surface area contributed by atoms with Crippen molar-refractivity contribution in [2.75, 3.05) is 25.0 Å². The number of nitrogens with one attached hydrogen (secondary N) is 2. The summed E-state index contributed by atoms with van der Waals surface area (Å²) >= 11 is 0. The zero-order valence-corrected chi connectivity index (χ0v) is 14.8. The summed E-state index contributed by atoms with van der Waals surface area (Å²) in [6.07, 6.45) is 5.85. The number of amides is 2. The van der Waals surface area contributed by atoms with E-state index in [0.717, 1.165) is 18.5 Å². The van der Waals surface area contributed by atoms with E-state index in [1.165, 1.54) is 19.3 Å². The summed E-state index contributed by atoms with van der Waals surface area (Å²) < 4.78 is 0. The highest BCUT2D eigenvalue weighted by Gasteiger charge is 2.16. The number of carbonyl (C=O) groups is 2. The lowest BCUT2D eigenvalue weighted by atomic mass is 9.95. The first kappa shape index (κ1) is 18.3. The van der Waals surface area contributed by atoms with Crippen molar-refractivity contribution in [3.8, 4) is 0 Å². The molecule has 1 saturated carbocycles. The first-order valence-electron chi connectivity index (χ1n) is 9.06. The monoisotopic (exact) mass is 331 g/mol. The van der Waals surface area contributed by atoms with E-state index in [1.54, 1.807) is 4.90 Å². The van der Waals surface area contributed by atoms with Gasteiger partial charge in [0.15, 0.2) is 0 Å². The van der Waals surface area contributed by atoms with Crippen molar-refractivity contribution >= 4 is 17.5 Å². The molecule has 2 rings (SSSR count). The molecule has 2 N–H and O–H groups in total. The van der Waals surface area contributed by atoms with E-state index in [1.807, 2.05) is 38.1 Å². The number of rotatable bonds is 7. The van der Waals surface area contributed by atoms with Gasteiger partial charge >= 0.3 is 0 Å². The zero-order chi connectivity index (χ0) is 17.4. The van der Waals surface area contributed by atoms with E-state index in [-0.39, 0.29) is 18.4 Å². The van der Waals surface area contributed by atoms with Gasteiger partial charge in [-0.3, -0.25) is 9.59 Å². The molecule has 0 unspecified atom stereocenters. The largest absolute Gasteiger partial charge is 0.376 e. The molecular formula is C19H29N3O2. The predicted octanol–water partition coefficient (Wildman–Crippen LogP) is 3.03.